The van der Waals surface area contributed by atoms with Crippen molar-refractivity contribution in [2.45, 2.75) is 26.3 Å². The minimum atomic E-state index is -0.763. The number of carbonyl (C=O) groups is 2. The number of rotatable bonds is 3. The van der Waals surface area contributed by atoms with Crippen molar-refractivity contribution in [2.24, 2.45) is 5.92 Å². The summed E-state index contributed by atoms with van der Waals surface area (Å²) in [7, 11) is 0. The summed E-state index contributed by atoms with van der Waals surface area (Å²) < 4.78 is 1.66. The van der Waals surface area contributed by atoms with Crippen LogP contribution in [0, 0.1) is 5.92 Å². The second-order valence-electron chi connectivity index (χ2n) is 4.44. The Labute approximate surface area is 105 Å². The van der Waals surface area contributed by atoms with E-state index < -0.39 is 5.97 Å². The average molecular weight is 251 g/mol. The molecule has 6 heteroatoms. The van der Waals surface area contributed by atoms with Gasteiger partial charge in [0.2, 0.25) is 0 Å². The summed E-state index contributed by atoms with van der Waals surface area (Å²) in [6.07, 6.45) is 2.67. The predicted octanol–water partition coefficient (Wildman–Crippen LogP) is 0.840. The van der Waals surface area contributed by atoms with Crippen LogP contribution in [0.1, 0.15) is 30.3 Å². The molecule has 2 rings (SSSR count). The molecule has 1 aromatic heterocycles. The summed E-state index contributed by atoms with van der Waals surface area (Å²) in [4.78, 5) is 24.8. The number of aliphatic carboxylic acids is 1. The molecule has 0 radical (unpaired) electrons. The molecule has 0 aliphatic carbocycles. The number of nitrogens with zero attached hydrogens (tertiary/aromatic N) is 3. The van der Waals surface area contributed by atoms with Crippen LogP contribution in [0.2, 0.25) is 0 Å². The molecule has 1 saturated heterocycles. The molecule has 0 unspecified atom stereocenters. The van der Waals surface area contributed by atoms with Crippen molar-refractivity contribution >= 4 is 11.9 Å². The number of likely N-dealkylation sites (tertiary alicyclic amines) is 1. The highest BCUT2D eigenvalue weighted by Gasteiger charge is 2.28. The van der Waals surface area contributed by atoms with Gasteiger partial charge in [-0.1, -0.05) is 0 Å². The Morgan fingerprint density at radius 1 is 1.44 bits per heavy atom. The van der Waals surface area contributed by atoms with Crippen molar-refractivity contribution in [1.82, 2.24) is 14.7 Å². The van der Waals surface area contributed by atoms with Crippen LogP contribution in [0.5, 0.6) is 0 Å². The second-order valence-corrected chi connectivity index (χ2v) is 4.44. The van der Waals surface area contributed by atoms with Crippen molar-refractivity contribution in [3.8, 4) is 0 Å². The largest absolute Gasteiger partial charge is 0.481 e. The molecule has 6 nitrogen and oxygen atoms in total. The molecular weight excluding hydrogens is 234 g/mol. The van der Waals surface area contributed by atoms with Gasteiger partial charge in [0.05, 0.1) is 5.92 Å². The number of carboxylic acids is 1. The first-order valence-electron chi connectivity index (χ1n) is 6.17. The molecule has 18 heavy (non-hydrogen) atoms. The second kappa shape index (κ2) is 5.20. The van der Waals surface area contributed by atoms with Crippen LogP contribution in [0.4, 0.5) is 0 Å². The van der Waals surface area contributed by atoms with Crippen molar-refractivity contribution < 1.29 is 14.7 Å². The molecule has 0 spiro atoms. The van der Waals surface area contributed by atoms with E-state index >= 15 is 0 Å². The van der Waals surface area contributed by atoms with E-state index in [2.05, 4.69) is 5.10 Å². The van der Waals surface area contributed by atoms with Crippen molar-refractivity contribution in [1.29, 1.82) is 0 Å². The maximum Gasteiger partial charge on any atom is 0.306 e. The van der Waals surface area contributed by atoms with Gasteiger partial charge >= 0.3 is 5.97 Å². The van der Waals surface area contributed by atoms with Gasteiger partial charge in [-0.05, 0) is 25.8 Å². The van der Waals surface area contributed by atoms with E-state index in [1.807, 2.05) is 6.92 Å². The van der Waals surface area contributed by atoms with Crippen molar-refractivity contribution in [2.75, 3.05) is 13.1 Å². The number of carbonyl (C=O) groups excluding carboxylic acids is 1. The monoisotopic (exact) mass is 251 g/mol. The van der Waals surface area contributed by atoms with E-state index in [0.29, 0.717) is 38.2 Å². The summed E-state index contributed by atoms with van der Waals surface area (Å²) in [5.74, 6) is -1.14. The Morgan fingerprint density at radius 2 is 2.11 bits per heavy atom. The van der Waals surface area contributed by atoms with Gasteiger partial charge in [0, 0.05) is 25.8 Å². The van der Waals surface area contributed by atoms with Crippen LogP contribution < -0.4 is 0 Å². The van der Waals surface area contributed by atoms with E-state index in [1.54, 1.807) is 21.8 Å². The Balaban J connectivity index is 2.02. The number of aromatic nitrogens is 2. The van der Waals surface area contributed by atoms with E-state index in [4.69, 9.17) is 5.11 Å². The van der Waals surface area contributed by atoms with Crippen LogP contribution in [0.25, 0.3) is 0 Å². The molecule has 1 aliphatic rings. The molecule has 98 valence electrons. The number of aryl methyl sites for hydroxylation is 1. The summed E-state index contributed by atoms with van der Waals surface area (Å²) in [5.41, 5.74) is 0.575. The highest BCUT2D eigenvalue weighted by molar-refractivity contribution is 5.92. The Morgan fingerprint density at radius 3 is 2.67 bits per heavy atom. The molecule has 1 fully saturated rings. The summed E-state index contributed by atoms with van der Waals surface area (Å²) in [6, 6.07) is 1.70. The number of amides is 1. The van der Waals surface area contributed by atoms with Gasteiger partial charge in [-0.2, -0.15) is 5.10 Å². The zero-order valence-electron chi connectivity index (χ0n) is 10.4. The molecule has 1 aromatic rings. The van der Waals surface area contributed by atoms with Crippen LogP contribution in [0.3, 0.4) is 0 Å². The minimum Gasteiger partial charge on any atom is -0.481 e. The lowest BCUT2D eigenvalue weighted by Gasteiger charge is -2.30. The maximum atomic E-state index is 12.2. The third kappa shape index (κ3) is 2.37. The number of piperidine rings is 1. The van der Waals surface area contributed by atoms with Crippen molar-refractivity contribution in [3.63, 3.8) is 0 Å². The Bertz CT molecular complexity index is 447. The Hall–Kier alpha value is -1.85. The normalized spacial score (nSPS) is 16.8. The first kappa shape index (κ1) is 12.6. The van der Waals surface area contributed by atoms with E-state index in [-0.39, 0.29) is 11.8 Å². The molecule has 1 N–H and O–H groups in total. The molecule has 1 aliphatic heterocycles. The zero-order valence-corrected chi connectivity index (χ0v) is 10.4. The fraction of sp³-hybridized carbons (Fsp3) is 0.583. The van der Waals surface area contributed by atoms with Crippen LogP contribution in [0.15, 0.2) is 12.3 Å². The molecule has 1 amide bonds. The Kier molecular flexibility index (Phi) is 3.64. The molecule has 2 heterocycles. The summed E-state index contributed by atoms with van der Waals surface area (Å²) >= 11 is 0. The van der Waals surface area contributed by atoms with Crippen molar-refractivity contribution in [3.05, 3.63) is 18.0 Å². The van der Waals surface area contributed by atoms with Gasteiger partial charge in [0.15, 0.2) is 0 Å². The fourth-order valence-electron chi connectivity index (χ4n) is 2.26. The van der Waals surface area contributed by atoms with Gasteiger partial charge in [0.1, 0.15) is 5.69 Å². The number of hydrogen-bond acceptors (Lipinski definition) is 3. The van der Waals surface area contributed by atoms with E-state index in [0.717, 1.165) is 0 Å². The van der Waals surface area contributed by atoms with Gasteiger partial charge in [-0.15, -0.1) is 0 Å². The number of hydrogen-bond donors (Lipinski definition) is 1. The van der Waals surface area contributed by atoms with Crippen LogP contribution >= 0.6 is 0 Å². The van der Waals surface area contributed by atoms with E-state index in [1.165, 1.54) is 0 Å². The quantitative estimate of drug-likeness (QED) is 0.863. The van der Waals surface area contributed by atoms with Crippen LogP contribution in [-0.4, -0.2) is 44.8 Å². The summed E-state index contributed by atoms with van der Waals surface area (Å²) in [5, 5.41) is 13.0. The number of carboxylic acid groups (broad SMARTS) is 1. The average Bonchev–Trinajstić information content (AvgIpc) is 2.86. The van der Waals surface area contributed by atoms with Gasteiger partial charge < -0.3 is 10.0 Å². The lowest BCUT2D eigenvalue weighted by Crippen LogP contribution is -2.41. The maximum absolute atomic E-state index is 12.2. The smallest absolute Gasteiger partial charge is 0.306 e. The first-order valence-corrected chi connectivity index (χ1v) is 6.17. The first-order chi connectivity index (χ1) is 8.63. The molecule has 0 bridgehead atoms. The SMILES string of the molecule is CCn1nccc1C(=O)N1CCC(C(=O)O)CC1. The lowest BCUT2D eigenvalue weighted by molar-refractivity contribution is -0.143. The highest BCUT2D eigenvalue weighted by Crippen LogP contribution is 2.19. The summed E-state index contributed by atoms with van der Waals surface area (Å²) in [6.45, 7) is 3.59. The topological polar surface area (TPSA) is 75.4 Å². The van der Waals surface area contributed by atoms with Gasteiger partial charge in [-0.3, -0.25) is 14.3 Å². The zero-order chi connectivity index (χ0) is 13.1. The molecule has 0 saturated carbocycles. The predicted molar refractivity (Wildman–Crippen MR) is 64.2 cm³/mol. The van der Waals surface area contributed by atoms with Gasteiger partial charge in [-0.25, -0.2) is 0 Å². The fourth-order valence-corrected chi connectivity index (χ4v) is 2.26. The minimum absolute atomic E-state index is 0.0572. The molecule has 0 atom stereocenters. The molecular formula is C12H17N3O3. The third-order valence-corrected chi connectivity index (χ3v) is 3.37. The van der Waals surface area contributed by atoms with Gasteiger partial charge in [0.25, 0.3) is 5.91 Å². The van der Waals surface area contributed by atoms with Crippen LogP contribution in [-0.2, 0) is 11.3 Å². The highest BCUT2D eigenvalue weighted by atomic mass is 16.4. The lowest BCUT2D eigenvalue weighted by atomic mass is 9.97. The third-order valence-electron chi connectivity index (χ3n) is 3.37. The molecule has 0 aromatic carbocycles. The standard InChI is InChI=1S/C12H17N3O3/c1-2-15-10(3-6-13-15)11(16)14-7-4-9(5-8-14)12(17)18/h3,6,9H,2,4-5,7-8H2,1H3,(H,17,18). The van der Waals surface area contributed by atoms with E-state index in [9.17, 15) is 9.59 Å².